The number of aromatic nitrogens is 1. The van der Waals surface area contributed by atoms with Gasteiger partial charge in [0.2, 0.25) is 5.91 Å². The zero-order valence-corrected chi connectivity index (χ0v) is 13.1. The molecular weight excluding hydrogens is 307 g/mol. The Hall–Kier alpha value is -2.95. The SMILES string of the molecule is O=C(Cc1cccc(F)c1)N(Cc1cccnc1)Cc1ccco1. The number of amides is 1. The lowest BCUT2D eigenvalue weighted by atomic mass is 10.1. The van der Waals surface area contributed by atoms with E-state index in [9.17, 15) is 9.18 Å². The first-order valence-electron chi connectivity index (χ1n) is 7.64. The lowest BCUT2D eigenvalue weighted by Crippen LogP contribution is -2.31. The molecule has 3 rings (SSSR count). The molecule has 0 atom stereocenters. The van der Waals surface area contributed by atoms with Crippen LogP contribution in [0, 0.1) is 5.82 Å². The summed E-state index contributed by atoms with van der Waals surface area (Å²) in [7, 11) is 0. The van der Waals surface area contributed by atoms with Crippen LogP contribution in [0.2, 0.25) is 0 Å². The van der Waals surface area contributed by atoms with Gasteiger partial charge in [0.15, 0.2) is 0 Å². The zero-order chi connectivity index (χ0) is 16.8. The second-order valence-corrected chi connectivity index (χ2v) is 5.50. The van der Waals surface area contributed by atoms with E-state index in [1.165, 1.54) is 12.1 Å². The van der Waals surface area contributed by atoms with Crippen molar-refractivity contribution in [2.45, 2.75) is 19.5 Å². The van der Waals surface area contributed by atoms with E-state index in [1.807, 2.05) is 18.2 Å². The summed E-state index contributed by atoms with van der Waals surface area (Å²) in [5.74, 6) is 0.262. The van der Waals surface area contributed by atoms with Crippen LogP contribution in [0.15, 0.2) is 71.6 Å². The molecule has 24 heavy (non-hydrogen) atoms. The van der Waals surface area contributed by atoms with Gasteiger partial charge in [-0.05, 0) is 41.5 Å². The summed E-state index contributed by atoms with van der Waals surface area (Å²) in [6.07, 6.45) is 5.13. The van der Waals surface area contributed by atoms with Crippen molar-refractivity contribution in [3.8, 4) is 0 Å². The van der Waals surface area contributed by atoms with E-state index in [0.717, 1.165) is 5.56 Å². The van der Waals surface area contributed by atoms with Crippen LogP contribution in [0.1, 0.15) is 16.9 Å². The molecule has 2 aromatic heterocycles. The smallest absolute Gasteiger partial charge is 0.227 e. The Morgan fingerprint density at radius 1 is 1.08 bits per heavy atom. The van der Waals surface area contributed by atoms with Crippen molar-refractivity contribution in [3.05, 3.63) is 89.9 Å². The molecular formula is C19H17FN2O2. The number of nitrogens with zero attached hydrogens (tertiary/aromatic N) is 2. The number of pyridine rings is 1. The van der Waals surface area contributed by atoms with Crippen LogP contribution in [0.25, 0.3) is 0 Å². The molecule has 0 aliphatic heterocycles. The molecule has 0 bridgehead atoms. The number of rotatable bonds is 6. The third-order valence-corrected chi connectivity index (χ3v) is 3.62. The Bertz CT molecular complexity index is 788. The van der Waals surface area contributed by atoms with Gasteiger partial charge in [-0.1, -0.05) is 18.2 Å². The number of carbonyl (C=O) groups is 1. The molecule has 122 valence electrons. The normalized spacial score (nSPS) is 10.5. The fraction of sp³-hybridized carbons (Fsp3) is 0.158. The van der Waals surface area contributed by atoms with Crippen molar-refractivity contribution in [1.29, 1.82) is 0 Å². The predicted octanol–water partition coefficient (Wildman–Crippen LogP) is 3.59. The minimum Gasteiger partial charge on any atom is -0.467 e. The van der Waals surface area contributed by atoms with E-state index in [2.05, 4.69) is 4.98 Å². The number of furan rings is 1. The van der Waals surface area contributed by atoms with E-state index >= 15 is 0 Å². The molecule has 2 heterocycles. The van der Waals surface area contributed by atoms with Gasteiger partial charge in [0.25, 0.3) is 0 Å². The van der Waals surface area contributed by atoms with Gasteiger partial charge in [0.1, 0.15) is 11.6 Å². The second-order valence-electron chi connectivity index (χ2n) is 5.50. The van der Waals surface area contributed by atoms with Crippen molar-refractivity contribution in [2.24, 2.45) is 0 Å². The molecule has 1 aromatic carbocycles. The minimum absolute atomic E-state index is 0.0964. The highest BCUT2D eigenvalue weighted by Gasteiger charge is 2.17. The van der Waals surface area contributed by atoms with Gasteiger partial charge in [-0.25, -0.2) is 4.39 Å². The maximum atomic E-state index is 13.3. The first-order valence-corrected chi connectivity index (χ1v) is 7.64. The average Bonchev–Trinajstić information content (AvgIpc) is 3.08. The standard InChI is InChI=1S/C19H17FN2O2/c20-17-6-1-4-15(10-17)11-19(23)22(14-18-7-3-9-24-18)13-16-5-2-8-21-12-16/h1-10,12H,11,13-14H2. The number of benzene rings is 1. The van der Waals surface area contributed by atoms with Crippen LogP contribution < -0.4 is 0 Å². The highest BCUT2D eigenvalue weighted by atomic mass is 19.1. The molecule has 0 radical (unpaired) electrons. The average molecular weight is 324 g/mol. The molecule has 0 N–H and O–H groups in total. The Morgan fingerprint density at radius 2 is 1.96 bits per heavy atom. The molecule has 0 aliphatic carbocycles. The highest BCUT2D eigenvalue weighted by Crippen LogP contribution is 2.13. The molecule has 1 amide bonds. The largest absolute Gasteiger partial charge is 0.467 e. The summed E-state index contributed by atoms with van der Waals surface area (Å²) in [6.45, 7) is 0.777. The highest BCUT2D eigenvalue weighted by molar-refractivity contribution is 5.78. The number of halogens is 1. The number of carbonyl (C=O) groups excluding carboxylic acids is 1. The number of hydrogen-bond acceptors (Lipinski definition) is 3. The van der Waals surface area contributed by atoms with Crippen molar-refractivity contribution < 1.29 is 13.6 Å². The summed E-state index contributed by atoms with van der Waals surface area (Å²) >= 11 is 0. The molecule has 5 heteroatoms. The van der Waals surface area contributed by atoms with Crippen molar-refractivity contribution in [2.75, 3.05) is 0 Å². The monoisotopic (exact) mass is 324 g/mol. The maximum absolute atomic E-state index is 13.3. The Kier molecular flexibility index (Phi) is 5.01. The third kappa shape index (κ3) is 4.29. The van der Waals surface area contributed by atoms with Gasteiger partial charge in [0, 0.05) is 18.9 Å². The van der Waals surface area contributed by atoms with Crippen molar-refractivity contribution in [3.63, 3.8) is 0 Å². The van der Waals surface area contributed by atoms with Crippen LogP contribution >= 0.6 is 0 Å². The summed E-state index contributed by atoms with van der Waals surface area (Å²) in [6, 6.07) is 13.5. The summed E-state index contributed by atoms with van der Waals surface area (Å²) < 4.78 is 18.7. The van der Waals surface area contributed by atoms with E-state index in [4.69, 9.17) is 4.42 Å². The molecule has 0 fully saturated rings. The molecule has 3 aromatic rings. The van der Waals surface area contributed by atoms with E-state index < -0.39 is 0 Å². The van der Waals surface area contributed by atoms with Gasteiger partial charge in [-0.15, -0.1) is 0 Å². The third-order valence-electron chi connectivity index (χ3n) is 3.62. The van der Waals surface area contributed by atoms with Crippen molar-refractivity contribution in [1.82, 2.24) is 9.88 Å². The predicted molar refractivity (Wildman–Crippen MR) is 87.3 cm³/mol. The summed E-state index contributed by atoms with van der Waals surface area (Å²) in [4.78, 5) is 18.5. The fourth-order valence-electron chi connectivity index (χ4n) is 2.47. The van der Waals surface area contributed by atoms with Crippen LogP contribution in [0.3, 0.4) is 0 Å². The minimum atomic E-state index is -0.342. The Balaban J connectivity index is 1.76. The molecule has 4 nitrogen and oxygen atoms in total. The zero-order valence-electron chi connectivity index (χ0n) is 13.1. The van der Waals surface area contributed by atoms with Crippen LogP contribution in [0.4, 0.5) is 4.39 Å². The molecule has 0 spiro atoms. The van der Waals surface area contributed by atoms with Crippen molar-refractivity contribution >= 4 is 5.91 Å². The quantitative estimate of drug-likeness (QED) is 0.696. The second kappa shape index (κ2) is 7.55. The number of hydrogen-bond donors (Lipinski definition) is 0. The maximum Gasteiger partial charge on any atom is 0.227 e. The molecule has 0 saturated carbocycles. The molecule has 0 aliphatic rings. The van der Waals surface area contributed by atoms with Gasteiger partial charge in [-0.2, -0.15) is 0 Å². The topological polar surface area (TPSA) is 46.3 Å². The lowest BCUT2D eigenvalue weighted by molar-refractivity contribution is -0.132. The van der Waals surface area contributed by atoms with Crippen LogP contribution in [-0.4, -0.2) is 15.8 Å². The van der Waals surface area contributed by atoms with Crippen LogP contribution in [-0.2, 0) is 24.3 Å². The Morgan fingerprint density at radius 3 is 2.67 bits per heavy atom. The Labute approximate surface area is 139 Å². The first-order chi connectivity index (χ1) is 11.7. The summed E-state index contributed by atoms with van der Waals surface area (Å²) in [5, 5.41) is 0. The first kappa shape index (κ1) is 15.9. The lowest BCUT2D eigenvalue weighted by Gasteiger charge is -2.22. The van der Waals surface area contributed by atoms with E-state index in [0.29, 0.717) is 24.4 Å². The van der Waals surface area contributed by atoms with E-state index in [1.54, 1.807) is 41.8 Å². The van der Waals surface area contributed by atoms with Gasteiger partial charge >= 0.3 is 0 Å². The fourth-order valence-corrected chi connectivity index (χ4v) is 2.47. The van der Waals surface area contributed by atoms with Crippen LogP contribution in [0.5, 0.6) is 0 Å². The van der Waals surface area contributed by atoms with Gasteiger partial charge < -0.3 is 9.32 Å². The molecule has 0 unspecified atom stereocenters. The summed E-state index contributed by atoms with van der Waals surface area (Å²) in [5.41, 5.74) is 1.58. The molecule has 0 saturated heterocycles. The van der Waals surface area contributed by atoms with E-state index in [-0.39, 0.29) is 18.1 Å². The van der Waals surface area contributed by atoms with Gasteiger partial charge in [-0.3, -0.25) is 9.78 Å². The van der Waals surface area contributed by atoms with Gasteiger partial charge in [0.05, 0.1) is 19.2 Å².